The van der Waals surface area contributed by atoms with Gasteiger partial charge in [-0.2, -0.15) is 0 Å². The average Bonchev–Trinajstić information content (AvgIpc) is 2.79. The first-order chi connectivity index (χ1) is 15.1. The molecule has 0 aliphatic heterocycles. The van der Waals surface area contributed by atoms with Crippen LogP contribution in [0.5, 0.6) is 11.5 Å². The van der Waals surface area contributed by atoms with Gasteiger partial charge in [-0.3, -0.25) is 4.79 Å². The van der Waals surface area contributed by atoms with Crippen molar-refractivity contribution >= 4 is 17.3 Å². The van der Waals surface area contributed by atoms with Gasteiger partial charge in [-0.25, -0.2) is 0 Å². The molecule has 0 saturated heterocycles. The summed E-state index contributed by atoms with van der Waals surface area (Å²) in [6.45, 7) is 4.89. The molecular formula is C26H30N2O3. The topological polar surface area (TPSA) is 59.6 Å². The molecule has 1 atom stereocenters. The van der Waals surface area contributed by atoms with E-state index >= 15 is 0 Å². The third-order valence-corrected chi connectivity index (χ3v) is 4.84. The SMILES string of the molecule is CCC(C)Oc1cccc(NC(=O)CNc2ccc(OCCc3ccccc3)cc2)c1. The van der Waals surface area contributed by atoms with Gasteiger partial charge in [0.25, 0.3) is 0 Å². The van der Waals surface area contributed by atoms with E-state index in [4.69, 9.17) is 9.47 Å². The lowest BCUT2D eigenvalue weighted by Gasteiger charge is -2.14. The number of rotatable bonds is 11. The normalized spacial score (nSPS) is 11.4. The largest absolute Gasteiger partial charge is 0.493 e. The number of benzene rings is 3. The predicted molar refractivity (Wildman–Crippen MR) is 126 cm³/mol. The smallest absolute Gasteiger partial charge is 0.243 e. The highest BCUT2D eigenvalue weighted by Crippen LogP contribution is 2.20. The van der Waals surface area contributed by atoms with E-state index in [0.29, 0.717) is 6.61 Å². The summed E-state index contributed by atoms with van der Waals surface area (Å²) in [5.41, 5.74) is 2.83. The van der Waals surface area contributed by atoms with Gasteiger partial charge < -0.3 is 20.1 Å². The van der Waals surface area contributed by atoms with Gasteiger partial charge in [0.1, 0.15) is 11.5 Å². The highest BCUT2D eigenvalue weighted by molar-refractivity contribution is 5.93. The van der Waals surface area contributed by atoms with Crippen LogP contribution in [-0.4, -0.2) is 25.2 Å². The molecule has 31 heavy (non-hydrogen) atoms. The lowest BCUT2D eigenvalue weighted by Crippen LogP contribution is -2.21. The molecule has 5 heteroatoms. The fraction of sp³-hybridized carbons (Fsp3) is 0.269. The Morgan fingerprint density at radius 2 is 1.68 bits per heavy atom. The summed E-state index contributed by atoms with van der Waals surface area (Å²) >= 11 is 0. The Morgan fingerprint density at radius 1 is 0.903 bits per heavy atom. The summed E-state index contributed by atoms with van der Waals surface area (Å²) in [5.74, 6) is 1.44. The summed E-state index contributed by atoms with van der Waals surface area (Å²) in [6.07, 6.45) is 1.93. The quantitative estimate of drug-likeness (QED) is 0.429. The van der Waals surface area contributed by atoms with Gasteiger partial charge in [0, 0.05) is 23.9 Å². The molecule has 3 aromatic carbocycles. The van der Waals surface area contributed by atoms with E-state index in [2.05, 4.69) is 29.7 Å². The van der Waals surface area contributed by atoms with E-state index in [1.165, 1.54) is 5.56 Å². The minimum absolute atomic E-state index is 0.121. The van der Waals surface area contributed by atoms with Crippen molar-refractivity contribution in [1.82, 2.24) is 0 Å². The molecule has 162 valence electrons. The van der Waals surface area contributed by atoms with Crippen molar-refractivity contribution in [2.75, 3.05) is 23.8 Å². The van der Waals surface area contributed by atoms with E-state index in [1.807, 2.05) is 73.7 Å². The maximum absolute atomic E-state index is 12.3. The van der Waals surface area contributed by atoms with Gasteiger partial charge in [-0.1, -0.05) is 43.3 Å². The molecule has 0 bridgehead atoms. The van der Waals surface area contributed by atoms with Crippen molar-refractivity contribution in [3.05, 3.63) is 84.4 Å². The monoisotopic (exact) mass is 418 g/mol. The molecule has 3 rings (SSSR count). The maximum atomic E-state index is 12.3. The minimum Gasteiger partial charge on any atom is -0.493 e. The van der Waals surface area contributed by atoms with Gasteiger partial charge in [0.05, 0.1) is 19.3 Å². The molecule has 3 aromatic rings. The standard InChI is InChI=1S/C26H30N2O3/c1-3-20(2)31-25-11-7-10-23(18-25)28-26(29)19-27-22-12-14-24(15-13-22)30-17-16-21-8-5-4-6-9-21/h4-15,18,20,27H,3,16-17,19H2,1-2H3,(H,28,29). The van der Waals surface area contributed by atoms with Crippen molar-refractivity contribution in [2.45, 2.75) is 32.8 Å². The van der Waals surface area contributed by atoms with Crippen LogP contribution in [0.4, 0.5) is 11.4 Å². The van der Waals surface area contributed by atoms with Crippen molar-refractivity contribution in [3.8, 4) is 11.5 Å². The molecule has 0 saturated carbocycles. The first-order valence-electron chi connectivity index (χ1n) is 10.7. The van der Waals surface area contributed by atoms with Crippen LogP contribution in [0, 0.1) is 0 Å². The fourth-order valence-corrected chi connectivity index (χ4v) is 2.95. The van der Waals surface area contributed by atoms with Crippen LogP contribution in [0.15, 0.2) is 78.9 Å². The van der Waals surface area contributed by atoms with Crippen LogP contribution in [0.2, 0.25) is 0 Å². The molecule has 0 aliphatic carbocycles. The number of nitrogens with one attached hydrogen (secondary N) is 2. The fourth-order valence-electron chi connectivity index (χ4n) is 2.95. The Bertz CT molecular complexity index is 942. The Hall–Kier alpha value is -3.47. The second-order valence-corrected chi connectivity index (χ2v) is 7.37. The van der Waals surface area contributed by atoms with Crippen molar-refractivity contribution < 1.29 is 14.3 Å². The molecule has 1 amide bonds. The van der Waals surface area contributed by atoms with Gasteiger partial charge in [0.2, 0.25) is 5.91 Å². The average molecular weight is 419 g/mol. The number of carbonyl (C=O) groups is 1. The molecule has 0 aliphatic rings. The highest BCUT2D eigenvalue weighted by Gasteiger charge is 2.06. The second kappa shape index (κ2) is 11.6. The van der Waals surface area contributed by atoms with Crippen LogP contribution in [-0.2, 0) is 11.2 Å². The molecular weight excluding hydrogens is 388 g/mol. The van der Waals surface area contributed by atoms with Gasteiger partial charge in [-0.05, 0) is 55.3 Å². The van der Waals surface area contributed by atoms with Crippen LogP contribution < -0.4 is 20.1 Å². The third-order valence-electron chi connectivity index (χ3n) is 4.84. The molecule has 0 spiro atoms. The van der Waals surface area contributed by atoms with Crippen LogP contribution >= 0.6 is 0 Å². The Kier molecular flexibility index (Phi) is 8.35. The van der Waals surface area contributed by atoms with Crippen molar-refractivity contribution in [2.24, 2.45) is 0 Å². The van der Waals surface area contributed by atoms with Gasteiger partial charge in [0.15, 0.2) is 0 Å². The number of ether oxygens (including phenoxy) is 2. The summed E-state index contributed by atoms with van der Waals surface area (Å²) in [7, 11) is 0. The van der Waals surface area contributed by atoms with Crippen molar-refractivity contribution in [3.63, 3.8) is 0 Å². The number of hydrogen-bond acceptors (Lipinski definition) is 4. The predicted octanol–water partition coefficient (Wildman–Crippen LogP) is 5.54. The van der Waals surface area contributed by atoms with Gasteiger partial charge >= 0.3 is 0 Å². The molecule has 0 aromatic heterocycles. The van der Waals surface area contributed by atoms with E-state index in [-0.39, 0.29) is 18.6 Å². The van der Waals surface area contributed by atoms with E-state index in [1.54, 1.807) is 0 Å². The van der Waals surface area contributed by atoms with Gasteiger partial charge in [-0.15, -0.1) is 0 Å². The lowest BCUT2D eigenvalue weighted by molar-refractivity contribution is -0.114. The Balaban J connectivity index is 1.41. The van der Waals surface area contributed by atoms with E-state index in [0.717, 1.165) is 35.7 Å². The zero-order valence-electron chi connectivity index (χ0n) is 18.1. The summed E-state index contributed by atoms with van der Waals surface area (Å²) in [4.78, 5) is 12.3. The summed E-state index contributed by atoms with van der Waals surface area (Å²) in [6, 6.07) is 25.3. The first kappa shape index (κ1) is 22.2. The molecule has 0 fully saturated rings. The highest BCUT2D eigenvalue weighted by atomic mass is 16.5. The lowest BCUT2D eigenvalue weighted by atomic mass is 10.2. The van der Waals surface area contributed by atoms with Crippen LogP contribution in [0.1, 0.15) is 25.8 Å². The summed E-state index contributed by atoms with van der Waals surface area (Å²) in [5, 5.41) is 6.02. The van der Waals surface area contributed by atoms with E-state index in [9.17, 15) is 4.79 Å². The number of carbonyl (C=O) groups excluding carboxylic acids is 1. The number of amides is 1. The minimum atomic E-state index is -0.121. The molecule has 0 radical (unpaired) electrons. The Labute approximate surface area is 184 Å². The molecule has 0 heterocycles. The van der Waals surface area contributed by atoms with E-state index < -0.39 is 0 Å². The zero-order chi connectivity index (χ0) is 21.9. The molecule has 2 N–H and O–H groups in total. The molecule has 5 nitrogen and oxygen atoms in total. The Morgan fingerprint density at radius 3 is 2.42 bits per heavy atom. The van der Waals surface area contributed by atoms with Crippen molar-refractivity contribution in [1.29, 1.82) is 0 Å². The molecule has 1 unspecified atom stereocenters. The zero-order valence-corrected chi connectivity index (χ0v) is 18.1. The number of anilines is 2. The first-order valence-corrected chi connectivity index (χ1v) is 10.7. The second-order valence-electron chi connectivity index (χ2n) is 7.37. The third kappa shape index (κ3) is 7.70. The number of hydrogen-bond donors (Lipinski definition) is 2. The summed E-state index contributed by atoms with van der Waals surface area (Å²) < 4.78 is 11.6. The van der Waals surface area contributed by atoms with Crippen LogP contribution in [0.3, 0.4) is 0 Å². The van der Waals surface area contributed by atoms with Crippen LogP contribution in [0.25, 0.3) is 0 Å². The maximum Gasteiger partial charge on any atom is 0.243 e.